The Morgan fingerprint density at radius 3 is 2.88 bits per heavy atom. The first kappa shape index (κ1) is 15.3. The lowest BCUT2D eigenvalue weighted by atomic mass is 9.80. The highest BCUT2D eigenvalue weighted by atomic mass is 16.3. The van der Waals surface area contributed by atoms with Crippen LogP contribution in [0.2, 0.25) is 0 Å². The molecule has 0 aromatic carbocycles. The van der Waals surface area contributed by atoms with Crippen molar-refractivity contribution in [1.82, 2.24) is 24.9 Å². The normalized spacial score (nSPS) is 18.9. The Balaban J connectivity index is 1.47. The molecule has 7 heteroatoms. The van der Waals surface area contributed by atoms with E-state index >= 15 is 0 Å². The van der Waals surface area contributed by atoms with Gasteiger partial charge in [0.2, 0.25) is 0 Å². The average molecular weight is 327 g/mol. The fourth-order valence-electron chi connectivity index (χ4n) is 3.11. The van der Waals surface area contributed by atoms with Crippen molar-refractivity contribution >= 4 is 5.91 Å². The summed E-state index contributed by atoms with van der Waals surface area (Å²) in [6, 6.07) is 4.07. The van der Waals surface area contributed by atoms with Crippen LogP contribution in [0.1, 0.15) is 48.2 Å². The Bertz CT molecular complexity index is 722. The van der Waals surface area contributed by atoms with Crippen molar-refractivity contribution in [2.75, 3.05) is 6.54 Å². The Kier molecular flexibility index (Phi) is 3.80. The van der Waals surface area contributed by atoms with Crippen LogP contribution in [0.5, 0.6) is 0 Å². The van der Waals surface area contributed by atoms with E-state index in [1.54, 1.807) is 28.2 Å². The summed E-state index contributed by atoms with van der Waals surface area (Å²) in [5.74, 6) is -0.129. The predicted molar refractivity (Wildman–Crippen MR) is 86.2 cm³/mol. The molecule has 0 atom stereocenters. The maximum absolute atomic E-state index is 12.8. The van der Waals surface area contributed by atoms with Crippen molar-refractivity contribution in [2.24, 2.45) is 0 Å². The minimum absolute atomic E-state index is 0.129. The van der Waals surface area contributed by atoms with Gasteiger partial charge in [0.1, 0.15) is 0 Å². The summed E-state index contributed by atoms with van der Waals surface area (Å²) in [6.07, 6.45) is 9.76. The van der Waals surface area contributed by atoms with Gasteiger partial charge in [0.15, 0.2) is 5.69 Å². The number of carbonyl (C=O) groups is 1. The molecule has 126 valence electrons. The first-order chi connectivity index (χ1) is 11.6. The standard InChI is InChI=1S/C17H21N5O2/c23-16(22(14-4-5-14)12-17(24)6-2-7-17)15-11-21(20-19-15)10-13-3-1-8-18-9-13/h1,3,8-9,11,14,24H,2,4-7,10,12H2. The first-order valence-corrected chi connectivity index (χ1v) is 8.45. The molecule has 0 saturated heterocycles. The third-order valence-corrected chi connectivity index (χ3v) is 4.82. The molecular formula is C17H21N5O2. The molecule has 2 aromatic heterocycles. The zero-order valence-corrected chi connectivity index (χ0v) is 13.5. The Hall–Kier alpha value is -2.28. The molecule has 1 amide bonds. The molecule has 0 aliphatic heterocycles. The fourth-order valence-corrected chi connectivity index (χ4v) is 3.11. The monoisotopic (exact) mass is 327 g/mol. The zero-order valence-electron chi connectivity index (χ0n) is 13.5. The van der Waals surface area contributed by atoms with Gasteiger partial charge in [-0.15, -0.1) is 5.10 Å². The molecule has 2 saturated carbocycles. The third-order valence-electron chi connectivity index (χ3n) is 4.82. The van der Waals surface area contributed by atoms with Gasteiger partial charge in [-0.2, -0.15) is 0 Å². The summed E-state index contributed by atoms with van der Waals surface area (Å²) < 4.78 is 1.65. The van der Waals surface area contributed by atoms with Crippen molar-refractivity contribution in [3.63, 3.8) is 0 Å². The number of aromatic nitrogens is 4. The van der Waals surface area contributed by atoms with Crippen LogP contribution in [0.3, 0.4) is 0 Å². The second-order valence-corrected chi connectivity index (χ2v) is 6.90. The van der Waals surface area contributed by atoms with E-state index in [-0.39, 0.29) is 11.9 Å². The van der Waals surface area contributed by atoms with Gasteiger partial charge in [-0.3, -0.25) is 9.78 Å². The minimum Gasteiger partial charge on any atom is -0.388 e. The molecule has 0 spiro atoms. The number of hydrogen-bond acceptors (Lipinski definition) is 5. The molecular weight excluding hydrogens is 306 g/mol. The van der Waals surface area contributed by atoms with Gasteiger partial charge in [-0.25, -0.2) is 4.68 Å². The van der Waals surface area contributed by atoms with Crippen molar-refractivity contribution < 1.29 is 9.90 Å². The Morgan fingerprint density at radius 1 is 1.42 bits per heavy atom. The van der Waals surface area contributed by atoms with E-state index in [9.17, 15) is 9.90 Å². The van der Waals surface area contributed by atoms with E-state index in [0.29, 0.717) is 18.8 Å². The van der Waals surface area contributed by atoms with Gasteiger partial charge in [-0.05, 0) is 43.7 Å². The maximum Gasteiger partial charge on any atom is 0.276 e. The van der Waals surface area contributed by atoms with Crippen LogP contribution < -0.4 is 0 Å². The molecule has 2 aliphatic carbocycles. The topological polar surface area (TPSA) is 84.1 Å². The lowest BCUT2D eigenvalue weighted by molar-refractivity contribution is -0.0550. The Labute approximate surface area is 140 Å². The number of rotatable bonds is 6. The SMILES string of the molecule is O=C(c1cn(Cc2cccnc2)nn1)N(CC1(O)CCC1)C1CC1. The fraction of sp³-hybridized carbons (Fsp3) is 0.529. The molecule has 2 heterocycles. The highest BCUT2D eigenvalue weighted by molar-refractivity contribution is 5.92. The second-order valence-electron chi connectivity index (χ2n) is 6.90. The van der Waals surface area contributed by atoms with Gasteiger partial charge >= 0.3 is 0 Å². The maximum atomic E-state index is 12.8. The van der Waals surface area contributed by atoms with Gasteiger partial charge in [-0.1, -0.05) is 11.3 Å². The van der Waals surface area contributed by atoms with E-state index in [0.717, 1.165) is 37.7 Å². The molecule has 0 radical (unpaired) electrons. The molecule has 7 nitrogen and oxygen atoms in total. The average Bonchev–Trinajstić information content (AvgIpc) is 3.30. The molecule has 24 heavy (non-hydrogen) atoms. The summed E-state index contributed by atoms with van der Waals surface area (Å²) in [7, 11) is 0. The molecule has 2 aliphatic rings. The van der Waals surface area contributed by atoms with Crippen LogP contribution in [0.15, 0.2) is 30.7 Å². The van der Waals surface area contributed by atoms with Crippen molar-refractivity contribution in [2.45, 2.75) is 50.3 Å². The van der Waals surface area contributed by atoms with Crippen LogP contribution in [-0.2, 0) is 6.54 Å². The minimum atomic E-state index is -0.704. The second kappa shape index (κ2) is 5.98. The highest BCUT2D eigenvalue weighted by Gasteiger charge is 2.42. The van der Waals surface area contributed by atoms with Crippen molar-refractivity contribution in [1.29, 1.82) is 0 Å². The van der Waals surface area contributed by atoms with Gasteiger partial charge in [0.25, 0.3) is 5.91 Å². The lowest BCUT2D eigenvalue weighted by Gasteiger charge is -2.40. The number of aliphatic hydroxyl groups is 1. The number of pyridine rings is 1. The molecule has 2 fully saturated rings. The van der Waals surface area contributed by atoms with Gasteiger partial charge < -0.3 is 10.0 Å². The summed E-state index contributed by atoms with van der Waals surface area (Å²) in [4.78, 5) is 18.7. The largest absolute Gasteiger partial charge is 0.388 e. The van der Waals surface area contributed by atoms with E-state index in [2.05, 4.69) is 15.3 Å². The van der Waals surface area contributed by atoms with Gasteiger partial charge in [0, 0.05) is 18.4 Å². The third kappa shape index (κ3) is 3.17. The highest BCUT2D eigenvalue weighted by Crippen LogP contribution is 2.36. The van der Waals surface area contributed by atoms with Crippen molar-refractivity contribution in [3.8, 4) is 0 Å². The van der Waals surface area contributed by atoms with Crippen molar-refractivity contribution in [3.05, 3.63) is 42.0 Å². The van der Waals surface area contributed by atoms with E-state index in [4.69, 9.17) is 0 Å². The number of hydrogen-bond donors (Lipinski definition) is 1. The van der Waals surface area contributed by atoms with E-state index in [1.807, 2.05) is 12.1 Å². The van der Waals surface area contributed by atoms with Crippen LogP contribution in [0, 0.1) is 0 Å². The molecule has 1 N–H and O–H groups in total. The van der Waals surface area contributed by atoms with E-state index in [1.165, 1.54) is 0 Å². The number of amides is 1. The summed E-state index contributed by atoms with van der Waals surface area (Å²) in [5.41, 5.74) is 0.641. The van der Waals surface area contributed by atoms with Gasteiger partial charge in [0.05, 0.1) is 24.9 Å². The molecule has 0 unspecified atom stereocenters. The first-order valence-electron chi connectivity index (χ1n) is 8.45. The smallest absolute Gasteiger partial charge is 0.276 e. The molecule has 0 bridgehead atoms. The quantitative estimate of drug-likeness (QED) is 0.863. The van der Waals surface area contributed by atoms with Crippen LogP contribution in [-0.4, -0.2) is 54.1 Å². The van der Waals surface area contributed by atoms with Crippen LogP contribution >= 0.6 is 0 Å². The summed E-state index contributed by atoms with van der Waals surface area (Å²) in [5, 5.41) is 18.5. The zero-order chi connectivity index (χ0) is 16.6. The summed E-state index contributed by atoms with van der Waals surface area (Å²) >= 11 is 0. The lowest BCUT2D eigenvalue weighted by Crippen LogP contribution is -2.50. The van der Waals surface area contributed by atoms with Crippen LogP contribution in [0.4, 0.5) is 0 Å². The Morgan fingerprint density at radius 2 is 2.25 bits per heavy atom. The predicted octanol–water partition coefficient (Wildman–Crippen LogP) is 1.24. The van der Waals surface area contributed by atoms with Crippen LogP contribution in [0.25, 0.3) is 0 Å². The molecule has 4 rings (SSSR count). The number of carbonyl (C=O) groups excluding carboxylic acids is 1. The summed E-state index contributed by atoms with van der Waals surface area (Å²) in [6.45, 7) is 0.938. The molecule has 2 aromatic rings. The van der Waals surface area contributed by atoms with E-state index < -0.39 is 5.60 Å². The number of nitrogens with zero attached hydrogens (tertiary/aromatic N) is 5.